The summed E-state index contributed by atoms with van der Waals surface area (Å²) in [6, 6.07) is 14.4. The highest BCUT2D eigenvalue weighted by Gasteiger charge is 2.21. The van der Waals surface area contributed by atoms with Gasteiger partial charge in [0.25, 0.3) is 0 Å². The fourth-order valence-corrected chi connectivity index (χ4v) is 4.39. The summed E-state index contributed by atoms with van der Waals surface area (Å²) in [5, 5.41) is 2.99. The van der Waals surface area contributed by atoms with E-state index in [9.17, 15) is 13.2 Å². The molecule has 2 aromatic rings. The number of hydrogen-bond donors (Lipinski definition) is 2. The van der Waals surface area contributed by atoms with Crippen molar-refractivity contribution in [1.82, 2.24) is 10.0 Å². The first kappa shape index (κ1) is 22.6. The molecule has 2 rings (SSSR count). The molecule has 0 heterocycles. The van der Waals surface area contributed by atoms with Crippen LogP contribution < -0.4 is 10.0 Å². The van der Waals surface area contributed by atoms with E-state index >= 15 is 0 Å². The van der Waals surface area contributed by atoms with Gasteiger partial charge in [0.05, 0.1) is 10.9 Å². The van der Waals surface area contributed by atoms with Gasteiger partial charge in [0.1, 0.15) is 0 Å². The maximum Gasteiger partial charge on any atom is 0.241 e. The Bertz CT molecular complexity index is 902. The summed E-state index contributed by atoms with van der Waals surface area (Å²) in [7, 11) is -3.55. The van der Waals surface area contributed by atoms with Crippen molar-refractivity contribution in [1.29, 1.82) is 0 Å². The van der Waals surface area contributed by atoms with E-state index < -0.39 is 15.6 Å². The molecule has 7 heteroatoms. The standard InChI is InChI=1S/C21H27BrN2O3S/c1-15(17-8-10-18(22)11-9-17)23-20(25)14-7-16-5-12-19(13-6-16)28(26,27)24-21(2,3)4/h5-6,8-13,15,24H,7,14H2,1-4H3,(H,23,25). The maximum absolute atomic E-state index is 12.3. The van der Waals surface area contributed by atoms with Gasteiger partial charge in [0.2, 0.25) is 15.9 Å². The van der Waals surface area contributed by atoms with E-state index in [1.807, 2.05) is 31.2 Å². The minimum absolute atomic E-state index is 0.0403. The number of halogens is 1. The van der Waals surface area contributed by atoms with E-state index in [0.717, 1.165) is 15.6 Å². The average Bonchev–Trinajstić information content (AvgIpc) is 2.59. The molecule has 0 fully saturated rings. The van der Waals surface area contributed by atoms with Crippen LogP contribution in [0.1, 0.15) is 51.3 Å². The van der Waals surface area contributed by atoms with E-state index in [4.69, 9.17) is 0 Å². The number of amides is 1. The van der Waals surface area contributed by atoms with Crippen LogP contribution in [0.3, 0.4) is 0 Å². The Morgan fingerprint density at radius 2 is 1.61 bits per heavy atom. The van der Waals surface area contributed by atoms with E-state index in [1.54, 1.807) is 45.0 Å². The fraction of sp³-hybridized carbons (Fsp3) is 0.381. The second-order valence-electron chi connectivity index (χ2n) is 7.84. The molecule has 0 aliphatic rings. The average molecular weight is 467 g/mol. The Morgan fingerprint density at radius 3 is 2.14 bits per heavy atom. The predicted octanol–water partition coefficient (Wildman–Crippen LogP) is 4.34. The highest BCUT2D eigenvalue weighted by molar-refractivity contribution is 9.10. The number of carbonyl (C=O) groups is 1. The minimum Gasteiger partial charge on any atom is -0.350 e. The third-order valence-corrected chi connectivity index (χ3v) is 6.36. The summed E-state index contributed by atoms with van der Waals surface area (Å²) in [4.78, 5) is 12.4. The molecule has 0 radical (unpaired) electrons. The van der Waals surface area contributed by atoms with Crippen molar-refractivity contribution in [2.45, 2.75) is 57.0 Å². The molecule has 0 saturated heterocycles. The summed E-state index contributed by atoms with van der Waals surface area (Å²) in [5.41, 5.74) is 1.42. The van der Waals surface area contributed by atoms with Crippen molar-refractivity contribution in [3.63, 3.8) is 0 Å². The highest BCUT2D eigenvalue weighted by atomic mass is 79.9. The number of hydrogen-bond acceptors (Lipinski definition) is 3. The zero-order chi connectivity index (χ0) is 20.9. The van der Waals surface area contributed by atoms with E-state index in [0.29, 0.717) is 12.8 Å². The van der Waals surface area contributed by atoms with Crippen LogP contribution in [-0.4, -0.2) is 19.9 Å². The van der Waals surface area contributed by atoms with Gasteiger partial charge in [-0.3, -0.25) is 4.79 Å². The largest absolute Gasteiger partial charge is 0.350 e. The molecule has 5 nitrogen and oxygen atoms in total. The Labute approximate surface area is 176 Å². The molecule has 0 aliphatic heterocycles. The molecule has 2 aromatic carbocycles. The first-order chi connectivity index (χ1) is 13.0. The Balaban J connectivity index is 1.90. The van der Waals surface area contributed by atoms with Crippen LogP contribution in [-0.2, 0) is 21.2 Å². The van der Waals surface area contributed by atoms with E-state index in [2.05, 4.69) is 26.0 Å². The summed E-state index contributed by atoms with van der Waals surface area (Å²) in [6.45, 7) is 7.34. The van der Waals surface area contributed by atoms with Crippen molar-refractivity contribution in [2.75, 3.05) is 0 Å². The summed E-state index contributed by atoms with van der Waals surface area (Å²) >= 11 is 3.40. The number of aryl methyl sites for hydroxylation is 1. The van der Waals surface area contributed by atoms with Crippen LogP contribution in [0.5, 0.6) is 0 Å². The number of nitrogens with one attached hydrogen (secondary N) is 2. The summed E-state index contributed by atoms with van der Waals surface area (Å²) < 4.78 is 28.3. The second-order valence-corrected chi connectivity index (χ2v) is 10.4. The molecule has 2 N–H and O–H groups in total. The summed E-state index contributed by atoms with van der Waals surface area (Å²) in [6.07, 6.45) is 0.888. The number of sulfonamides is 1. The van der Waals surface area contributed by atoms with Crippen LogP contribution in [0.15, 0.2) is 57.9 Å². The first-order valence-corrected chi connectivity index (χ1v) is 11.4. The van der Waals surface area contributed by atoms with Gasteiger partial charge in [-0.05, 0) is 69.5 Å². The smallest absolute Gasteiger partial charge is 0.241 e. The Morgan fingerprint density at radius 1 is 1.04 bits per heavy atom. The van der Waals surface area contributed by atoms with Gasteiger partial charge < -0.3 is 5.32 Å². The van der Waals surface area contributed by atoms with E-state index in [-0.39, 0.29) is 16.8 Å². The quantitative estimate of drug-likeness (QED) is 0.637. The Kier molecular flexibility index (Phi) is 7.42. The molecule has 0 aliphatic carbocycles. The first-order valence-electron chi connectivity index (χ1n) is 9.14. The molecule has 0 aromatic heterocycles. The van der Waals surface area contributed by atoms with Crippen LogP contribution in [0.2, 0.25) is 0 Å². The predicted molar refractivity (Wildman–Crippen MR) is 116 cm³/mol. The lowest BCUT2D eigenvalue weighted by Gasteiger charge is -2.20. The fourth-order valence-electron chi connectivity index (χ4n) is 2.70. The highest BCUT2D eigenvalue weighted by Crippen LogP contribution is 2.17. The molecule has 1 atom stereocenters. The number of rotatable bonds is 7. The van der Waals surface area contributed by atoms with E-state index in [1.165, 1.54) is 0 Å². The normalized spacial score (nSPS) is 13.2. The maximum atomic E-state index is 12.3. The monoisotopic (exact) mass is 466 g/mol. The molecule has 0 spiro atoms. The van der Waals surface area contributed by atoms with Gasteiger partial charge in [-0.2, -0.15) is 0 Å². The van der Waals surface area contributed by atoms with Crippen molar-refractivity contribution < 1.29 is 13.2 Å². The lowest BCUT2D eigenvalue weighted by molar-refractivity contribution is -0.121. The molecular formula is C21H27BrN2O3S. The van der Waals surface area contributed by atoms with Crippen LogP contribution in [0.4, 0.5) is 0 Å². The van der Waals surface area contributed by atoms with Gasteiger partial charge in [-0.25, -0.2) is 13.1 Å². The van der Waals surface area contributed by atoms with Crippen LogP contribution in [0, 0.1) is 0 Å². The Hall–Kier alpha value is -1.70. The van der Waals surface area contributed by atoms with Crippen molar-refractivity contribution in [3.05, 3.63) is 64.1 Å². The molecule has 0 saturated carbocycles. The van der Waals surface area contributed by atoms with Crippen molar-refractivity contribution in [2.24, 2.45) is 0 Å². The lowest BCUT2D eigenvalue weighted by Crippen LogP contribution is -2.40. The minimum atomic E-state index is -3.55. The second kappa shape index (κ2) is 9.20. The lowest BCUT2D eigenvalue weighted by atomic mass is 10.1. The van der Waals surface area contributed by atoms with Gasteiger partial charge in [-0.1, -0.05) is 40.2 Å². The van der Waals surface area contributed by atoms with Crippen molar-refractivity contribution >= 4 is 31.9 Å². The van der Waals surface area contributed by atoms with Gasteiger partial charge in [0, 0.05) is 16.4 Å². The van der Waals surface area contributed by atoms with Gasteiger partial charge in [-0.15, -0.1) is 0 Å². The van der Waals surface area contributed by atoms with Crippen LogP contribution in [0.25, 0.3) is 0 Å². The number of benzene rings is 2. The van der Waals surface area contributed by atoms with Crippen molar-refractivity contribution in [3.8, 4) is 0 Å². The van der Waals surface area contributed by atoms with Crippen LogP contribution >= 0.6 is 15.9 Å². The third-order valence-electron chi connectivity index (χ3n) is 4.06. The molecule has 0 bridgehead atoms. The zero-order valence-electron chi connectivity index (χ0n) is 16.6. The molecule has 1 amide bonds. The third kappa shape index (κ3) is 7.04. The topological polar surface area (TPSA) is 75.3 Å². The molecule has 28 heavy (non-hydrogen) atoms. The molecule has 152 valence electrons. The molecular weight excluding hydrogens is 440 g/mol. The summed E-state index contributed by atoms with van der Waals surface area (Å²) in [5.74, 6) is -0.0403. The molecule has 1 unspecified atom stereocenters. The zero-order valence-corrected chi connectivity index (χ0v) is 19.0. The SMILES string of the molecule is CC(NC(=O)CCc1ccc(S(=O)(=O)NC(C)(C)C)cc1)c1ccc(Br)cc1. The number of carbonyl (C=O) groups excluding carboxylic acids is 1. The van der Waals surface area contributed by atoms with Gasteiger partial charge in [0.15, 0.2) is 0 Å². The van der Waals surface area contributed by atoms with Gasteiger partial charge >= 0.3 is 0 Å².